The van der Waals surface area contributed by atoms with Gasteiger partial charge in [-0.2, -0.15) is 0 Å². The molecular weight excluding hydrogens is 184 g/mol. The van der Waals surface area contributed by atoms with Crippen molar-refractivity contribution in [1.82, 2.24) is 0 Å². The van der Waals surface area contributed by atoms with Crippen LogP contribution in [-0.4, -0.2) is 0 Å². The van der Waals surface area contributed by atoms with E-state index in [0.717, 1.165) is 0 Å². The third-order valence-electron chi connectivity index (χ3n) is 1.99. The zero-order valence-electron chi connectivity index (χ0n) is 8.52. The fourth-order valence-corrected chi connectivity index (χ4v) is 4.85. The molecule has 2 heteroatoms. The van der Waals surface area contributed by atoms with Gasteiger partial charge in [-0.25, -0.2) is 0 Å². The molecule has 1 heterocycles. The number of hydrogen-bond acceptors (Lipinski definition) is 1. The van der Waals surface area contributed by atoms with E-state index in [1.54, 1.807) is 9.75 Å². The standard InChI is InChI=1S/C10H17S2/c1-6-8-7(2)9(12-11-8)10(3,4)5/h6H2,1-5H3/q+1. The van der Waals surface area contributed by atoms with Crippen LogP contribution in [0.2, 0.25) is 0 Å². The molecule has 0 nitrogen and oxygen atoms in total. The molecule has 0 aliphatic carbocycles. The molecule has 0 radical (unpaired) electrons. The average Bonchev–Trinajstić information content (AvgIpc) is 2.29. The summed E-state index contributed by atoms with van der Waals surface area (Å²) in [4.78, 5) is 3.12. The molecule has 0 fully saturated rings. The minimum absolute atomic E-state index is 0.332. The SMILES string of the molecule is CCc1s[s+]c(C(C)(C)C)c1C. The lowest BCUT2D eigenvalue weighted by molar-refractivity contribution is 0.599. The van der Waals surface area contributed by atoms with Crippen LogP contribution >= 0.6 is 20.7 Å². The van der Waals surface area contributed by atoms with E-state index in [1.807, 2.05) is 20.7 Å². The van der Waals surface area contributed by atoms with Gasteiger partial charge in [0.15, 0.2) is 10.3 Å². The second-order valence-electron chi connectivity index (χ2n) is 4.15. The molecule has 0 unspecified atom stereocenters. The van der Waals surface area contributed by atoms with Crippen LogP contribution in [0.1, 0.15) is 43.0 Å². The van der Waals surface area contributed by atoms with Gasteiger partial charge in [0.25, 0.3) is 10.3 Å². The van der Waals surface area contributed by atoms with Gasteiger partial charge < -0.3 is 0 Å². The average molecular weight is 201 g/mol. The molecule has 68 valence electrons. The predicted octanol–water partition coefficient (Wildman–Crippen LogP) is 4.26. The van der Waals surface area contributed by atoms with E-state index >= 15 is 0 Å². The molecule has 1 aromatic rings. The third-order valence-corrected chi connectivity index (χ3v) is 5.30. The highest BCUT2D eigenvalue weighted by atomic mass is 32.9. The highest BCUT2D eigenvalue weighted by Crippen LogP contribution is 2.36. The van der Waals surface area contributed by atoms with E-state index in [2.05, 4.69) is 34.6 Å². The molecule has 1 aromatic heterocycles. The third kappa shape index (κ3) is 1.86. The van der Waals surface area contributed by atoms with Crippen LogP contribution in [0.4, 0.5) is 0 Å². The van der Waals surface area contributed by atoms with Gasteiger partial charge in [0.1, 0.15) is 0 Å². The molecule has 0 saturated heterocycles. The lowest BCUT2D eigenvalue weighted by Gasteiger charge is -2.09. The van der Waals surface area contributed by atoms with Crippen LogP contribution in [0.3, 0.4) is 0 Å². The normalized spacial score (nSPS) is 12.1. The fourth-order valence-electron chi connectivity index (χ4n) is 1.36. The summed E-state index contributed by atoms with van der Waals surface area (Å²) in [6, 6.07) is 0. The summed E-state index contributed by atoms with van der Waals surface area (Å²) < 4.78 is 0. The van der Waals surface area contributed by atoms with E-state index in [9.17, 15) is 0 Å². The van der Waals surface area contributed by atoms with E-state index in [-0.39, 0.29) is 0 Å². The van der Waals surface area contributed by atoms with Gasteiger partial charge in [0, 0.05) is 11.0 Å². The van der Waals surface area contributed by atoms with Crippen molar-refractivity contribution in [3.63, 3.8) is 0 Å². The summed E-state index contributed by atoms with van der Waals surface area (Å²) in [5.74, 6) is 0. The molecule has 0 atom stereocenters. The minimum Gasteiger partial charge on any atom is -0.0603 e. The van der Waals surface area contributed by atoms with Crippen molar-refractivity contribution in [2.75, 3.05) is 0 Å². The molecule has 0 aliphatic rings. The first-order valence-corrected chi connectivity index (χ1v) is 6.54. The maximum Gasteiger partial charge on any atom is 0.296 e. The summed E-state index contributed by atoms with van der Waals surface area (Å²) in [7, 11) is 3.89. The smallest absolute Gasteiger partial charge is 0.0603 e. The first kappa shape index (κ1) is 10.1. The Bertz CT molecular complexity index is 266. The molecule has 1 rings (SSSR count). The zero-order valence-corrected chi connectivity index (χ0v) is 10.2. The Labute approximate surface area is 82.7 Å². The molecule has 0 aromatic carbocycles. The molecule has 0 N–H and O–H groups in total. The number of aryl methyl sites for hydroxylation is 1. The molecular formula is C10H17S2+. The first-order valence-electron chi connectivity index (χ1n) is 4.39. The summed E-state index contributed by atoms with van der Waals surface area (Å²) in [5, 5.41) is 0. The number of hydrogen-bond donors (Lipinski definition) is 0. The van der Waals surface area contributed by atoms with Crippen LogP contribution in [0.15, 0.2) is 0 Å². The zero-order chi connectivity index (χ0) is 9.35. The van der Waals surface area contributed by atoms with Gasteiger partial charge in [-0.3, -0.25) is 0 Å². The van der Waals surface area contributed by atoms with E-state index in [1.165, 1.54) is 12.0 Å². The Morgan fingerprint density at radius 2 is 1.92 bits per heavy atom. The van der Waals surface area contributed by atoms with Crippen LogP contribution in [0.5, 0.6) is 0 Å². The molecule has 0 bridgehead atoms. The topological polar surface area (TPSA) is 0 Å². The van der Waals surface area contributed by atoms with Crippen molar-refractivity contribution >= 4 is 20.7 Å². The van der Waals surface area contributed by atoms with Crippen molar-refractivity contribution in [1.29, 1.82) is 0 Å². The minimum atomic E-state index is 0.332. The van der Waals surface area contributed by atoms with Crippen LogP contribution in [0, 0.1) is 6.92 Å². The second kappa shape index (κ2) is 3.43. The van der Waals surface area contributed by atoms with Crippen molar-refractivity contribution in [3.8, 4) is 0 Å². The quantitative estimate of drug-likeness (QED) is 0.470. The largest absolute Gasteiger partial charge is 0.296 e. The number of rotatable bonds is 1. The van der Waals surface area contributed by atoms with Gasteiger partial charge in [-0.05, 0) is 13.3 Å². The maximum atomic E-state index is 2.29. The predicted molar refractivity (Wildman–Crippen MR) is 59.4 cm³/mol. The Morgan fingerprint density at radius 3 is 2.17 bits per heavy atom. The Balaban J connectivity index is 3.11. The Hall–Kier alpha value is 0.0500. The Kier molecular flexibility index (Phi) is 2.89. The van der Waals surface area contributed by atoms with Gasteiger partial charge in [0.2, 0.25) is 4.88 Å². The van der Waals surface area contributed by atoms with Gasteiger partial charge in [-0.15, -0.1) is 0 Å². The second-order valence-corrected chi connectivity index (χ2v) is 6.38. The fraction of sp³-hybridized carbons (Fsp3) is 0.700. The highest BCUT2D eigenvalue weighted by Gasteiger charge is 2.30. The molecule has 0 aliphatic heterocycles. The highest BCUT2D eigenvalue weighted by molar-refractivity contribution is 7.69. The van der Waals surface area contributed by atoms with E-state index in [4.69, 9.17) is 0 Å². The summed E-state index contributed by atoms with van der Waals surface area (Å²) in [5.41, 5.74) is 1.86. The van der Waals surface area contributed by atoms with E-state index in [0.29, 0.717) is 5.41 Å². The van der Waals surface area contributed by atoms with Gasteiger partial charge >= 0.3 is 0 Å². The summed E-state index contributed by atoms with van der Waals surface area (Å²) in [6.07, 6.45) is 1.18. The van der Waals surface area contributed by atoms with Crippen molar-refractivity contribution < 1.29 is 0 Å². The monoisotopic (exact) mass is 201 g/mol. The van der Waals surface area contributed by atoms with Gasteiger partial charge in [-0.1, -0.05) is 27.7 Å². The van der Waals surface area contributed by atoms with Crippen LogP contribution in [-0.2, 0) is 11.8 Å². The molecule has 0 amide bonds. The molecule has 0 saturated carbocycles. The summed E-state index contributed by atoms with van der Waals surface area (Å²) in [6.45, 7) is 11.4. The molecule has 12 heavy (non-hydrogen) atoms. The van der Waals surface area contributed by atoms with Gasteiger partial charge in [0.05, 0.1) is 4.88 Å². The maximum absolute atomic E-state index is 2.29. The van der Waals surface area contributed by atoms with Crippen molar-refractivity contribution in [2.24, 2.45) is 0 Å². The lowest BCUT2D eigenvalue weighted by Crippen LogP contribution is -2.10. The lowest BCUT2D eigenvalue weighted by atomic mass is 9.91. The first-order chi connectivity index (χ1) is 5.46. The van der Waals surface area contributed by atoms with Crippen molar-refractivity contribution in [2.45, 2.75) is 46.5 Å². The van der Waals surface area contributed by atoms with Crippen LogP contribution in [0.25, 0.3) is 0 Å². The van der Waals surface area contributed by atoms with E-state index < -0.39 is 0 Å². The molecule has 0 spiro atoms. The van der Waals surface area contributed by atoms with Crippen LogP contribution < -0.4 is 0 Å². The van der Waals surface area contributed by atoms with Crippen molar-refractivity contribution in [3.05, 3.63) is 15.3 Å². The Morgan fingerprint density at radius 1 is 1.33 bits per heavy atom. The summed E-state index contributed by atoms with van der Waals surface area (Å²) >= 11 is 0.